The molecule has 0 aliphatic carbocycles. The van der Waals surface area contributed by atoms with Gasteiger partial charge < -0.3 is 14.9 Å². The van der Waals surface area contributed by atoms with Crippen molar-refractivity contribution in [2.45, 2.75) is 39.2 Å². The molecule has 120 valence electrons. The lowest BCUT2D eigenvalue weighted by molar-refractivity contribution is 0.247. The fraction of sp³-hybridized carbons (Fsp3) is 0.625. The number of aromatic nitrogens is 1. The van der Waals surface area contributed by atoms with Crippen LogP contribution in [0.5, 0.6) is 0 Å². The van der Waals surface area contributed by atoms with Crippen molar-refractivity contribution < 1.29 is 5.11 Å². The highest BCUT2D eigenvalue weighted by molar-refractivity contribution is 7.11. The van der Waals surface area contributed by atoms with E-state index in [1.165, 1.54) is 24.2 Å². The van der Waals surface area contributed by atoms with Gasteiger partial charge in [-0.1, -0.05) is 6.92 Å². The zero-order valence-corrected chi connectivity index (χ0v) is 14.1. The topological polar surface area (TPSA) is 63.5 Å². The van der Waals surface area contributed by atoms with Gasteiger partial charge in [-0.15, -0.1) is 11.3 Å². The van der Waals surface area contributed by atoms with Crippen LogP contribution in [0.4, 0.5) is 0 Å². The fourth-order valence-electron chi connectivity index (χ4n) is 3.17. The predicted octanol–water partition coefficient (Wildman–Crippen LogP) is 2.75. The molecule has 2 aliphatic heterocycles. The van der Waals surface area contributed by atoms with Crippen LogP contribution in [0.3, 0.4) is 0 Å². The standard InChI is InChI=1S/C16H24N4OS/c1-3-12-10-22-16(18-12)13-14(21)11(2)20(15(13)17)9-8-19-6-4-5-7-19/h10-11,17,21H,3-9H2,1-2H3. The molecule has 0 spiro atoms. The molecule has 2 N–H and O–H groups in total. The number of rotatable bonds is 5. The third-order valence-corrected chi connectivity index (χ3v) is 5.54. The number of aliphatic hydroxyl groups excluding tert-OH is 1. The molecule has 1 atom stereocenters. The molecular weight excluding hydrogens is 296 g/mol. The second-order valence-electron chi connectivity index (χ2n) is 6.02. The second kappa shape index (κ2) is 6.38. The molecule has 0 radical (unpaired) electrons. The number of likely N-dealkylation sites (tertiary alicyclic amines) is 1. The first-order valence-electron chi connectivity index (χ1n) is 8.07. The SMILES string of the molecule is CCc1csc(C2=C(O)C(C)N(CCN3CCCC3)C2=N)n1. The first-order valence-corrected chi connectivity index (χ1v) is 8.95. The summed E-state index contributed by atoms with van der Waals surface area (Å²) in [6.07, 6.45) is 3.44. The molecule has 22 heavy (non-hydrogen) atoms. The number of nitrogens with zero attached hydrogens (tertiary/aromatic N) is 3. The average Bonchev–Trinajstić information content (AvgIpc) is 3.21. The summed E-state index contributed by atoms with van der Waals surface area (Å²) in [5, 5.41) is 21.7. The first kappa shape index (κ1) is 15.5. The zero-order chi connectivity index (χ0) is 15.7. The highest BCUT2D eigenvalue weighted by atomic mass is 32.1. The Bertz CT molecular complexity index is 589. The van der Waals surface area contributed by atoms with Gasteiger partial charge in [0.25, 0.3) is 0 Å². The van der Waals surface area contributed by atoms with Crippen LogP contribution in [0.2, 0.25) is 0 Å². The van der Waals surface area contributed by atoms with Crippen molar-refractivity contribution in [3.63, 3.8) is 0 Å². The summed E-state index contributed by atoms with van der Waals surface area (Å²) < 4.78 is 0. The number of aryl methyl sites for hydroxylation is 1. The molecule has 2 aliphatic rings. The second-order valence-corrected chi connectivity index (χ2v) is 6.88. The maximum Gasteiger partial charge on any atom is 0.135 e. The van der Waals surface area contributed by atoms with Crippen LogP contribution >= 0.6 is 11.3 Å². The van der Waals surface area contributed by atoms with Gasteiger partial charge in [-0.3, -0.25) is 5.41 Å². The molecular formula is C16H24N4OS. The number of thiazole rings is 1. The fourth-order valence-corrected chi connectivity index (χ4v) is 4.13. The van der Waals surface area contributed by atoms with Crippen molar-refractivity contribution in [2.75, 3.05) is 26.2 Å². The monoisotopic (exact) mass is 320 g/mol. The smallest absolute Gasteiger partial charge is 0.135 e. The summed E-state index contributed by atoms with van der Waals surface area (Å²) in [7, 11) is 0. The lowest BCUT2D eigenvalue weighted by Crippen LogP contribution is -2.39. The third kappa shape index (κ3) is 2.77. The average molecular weight is 320 g/mol. The molecule has 0 saturated carbocycles. The minimum absolute atomic E-state index is 0.126. The summed E-state index contributed by atoms with van der Waals surface area (Å²) in [5.41, 5.74) is 1.65. The Morgan fingerprint density at radius 3 is 2.73 bits per heavy atom. The Labute approximate surface area is 135 Å². The Morgan fingerprint density at radius 1 is 1.36 bits per heavy atom. The minimum Gasteiger partial charge on any atom is -0.509 e. The van der Waals surface area contributed by atoms with E-state index in [4.69, 9.17) is 5.41 Å². The number of aliphatic hydroxyl groups is 1. The Morgan fingerprint density at radius 2 is 2.09 bits per heavy atom. The van der Waals surface area contributed by atoms with E-state index in [0.29, 0.717) is 17.2 Å². The van der Waals surface area contributed by atoms with E-state index in [2.05, 4.69) is 16.8 Å². The Kier molecular flexibility index (Phi) is 4.49. The van der Waals surface area contributed by atoms with Crippen LogP contribution in [-0.2, 0) is 6.42 Å². The lowest BCUT2D eigenvalue weighted by atomic mass is 10.2. The summed E-state index contributed by atoms with van der Waals surface area (Å²) >= 11 is 1.52. The van der Waals surface area contributed by atoms with Gasteiger partial charge in [0.2, 0.25) is 0 Å². The van der Waals surface area contributed by atoms with E-state index in [9.17, 15) is 5.11 Å². The van der Waals surface area contributed by atoms with E-state index in [1.807, 2.05) is 17.2 Å². The van der Waals surface area contributed by atoms with Gasteiger partial charge in [0.15, 0.2) is 0 Å². The first-order chi connectivity index (χ1) is 10.6. The molecule has 0 bridgehead atoms. The molecule has 6 heteroatoms. The predicted molar refractivity (Wildman–Crippen MR) is 90.6 cm³/mol. The van der Waals surface area contributed by atoms with Crippen LogP contribution in [0.25, 0.3) is 5.57 Å². The van der Waals surface area contributed by atoms with Gasteiger partial charge >= 0.3 is 0 Å². The largest absolute Gasteiger partial charge is 0.509 e. The third-order valence-electron chi connectivity index (χ3n) is 4.63. The van der Waals surface area contributed by atoms with Gasteiger partial charge in [0, 0.05) is 18.5 Å². The molecule has 1 saturated heterocycles. The van der Waals surface area contributed by atoms with Crippen LogP contribution in [0, 0.1) is 5.41 Å². The van der Waals surface area contributed by atoms with E-state index in [0.717, 1.165) is 43.3 Å². The van der Waals surface area contributed by atoms with Crippen molar-refractivity contribution in [3.8, 4) is 0 Å². The van der Waals surface area contributed by atoms with Crippen LogP contribution in [0.15, 0.2) is 11.1 Å². The molecule has 0 aromatic carbocycles. The normalized spacial score (nSPS) is 23.1. The molecule has 3 heterocycles. The molecule has 1 fully saturated rings. The number of hydrogen-bond donors (Lipinski definition) is 2. The summed E-state index contributed by atoms with van der Waals surface area (Å²) in [6.45, 7) is 8.11. The van der Waals surface area contributed by atoms with Gasteiger partial charge in [0.05, 0.1) is 17.3 Å². The highest BCUT2D eigenvalue weighted by Crippen LogP contribution is 2.33. The molecule has 1 aromatic rings. The maximum absolute atomic E-state index is 10.5. The molecule has 1 unspecified atom stereocenters. The summed E-state index contributed by atoms with van der Waals surface area (Å²) in [5.74, 6) is 0.713. The van der Waals surface area contributed by atoms with Gasteiger partial charge in [-0.25, -0.2) is 4.98 Å². The van der Waals surface area contributed by atoms with Gasteiger partial charge in [0.1, 0.15) is 16.6 Å². The van der Waals surface area contributed by atoms with Crippen molar-refractivity contribution in [2.24, 2.45) is 0 Å². The van der Waals surface area contributed by atoms with Crippen LogP contribution in [-0.4, -0.2) is 57.9 Å². The maximum atomic E-state index is 10.5. The number of hydrogen-bond acceptors (Lipinski definition) is 5. The Hall–Kier alpha value is -1.40. The van der Waals surface area contributed by atoms with E-state index in [-0.39, 0.29) is 6.04 Å². The zero-order valence-electron chi connectivity index (χ0n) is 13.3. The number of amidine groups is 1. The molecule has 0 amide bonds. The molecule has 5 nitrogen and oxygen atoms in total. The van der Waals surface area contributed by atoms with Crippen molar-refractivity contribution >= 4 is 22.7 Å². The van der Waals surface area contributed by atoms with Crippen LogP contribution in [0.1, 0.15) is 37.4 Å². The van der Waals surface area contributed by atoms with Crippen molar-refractivity contribution in [1.82, 2.24) is 14.8 Å². The van der Waals surface area contributed by atoms with Crippen molar-refractivity contribution in [1.29, 1.82) is 5.41 Å². The van der Waals surface area contributed by atoms with Crippen molar-refractivity contribution in [3.05, 3.63) is 21.8 Å². The van der Waals surface area contributed by atoms with E-state index < -0.39 is 0 Å². The molecule has 1 aromatic heterocycles. The minimum atomic E-state index is -0.126. The summed E-state index contributed by atoms with van der Waals surface area (Å²) in [4.78, 5) is 8.97. The highest BCUT2D eigenvalue weighted by Gasteiger charge is 2.36. The number of nitrogens with one attached hydrogen (secondary N) is 1. The van der Waals surface area contributed by atoms with E-state index >= 15 is 0 Å². The summed E-state index contributed by atoms with van der Waals surface area (Å²) in [6, 6.07) is -0.126. The Balaban J connectivity index is 1.73. The quantitative estimate of drug-likeness (QED) is 0.875. The van der Waals surface area contributed by atoms with Gasteiger partial charge in [-0.2, -0.15) is 0 Å². The lowest BCUT2D eigenvalue weighted by Gasteiger charge is -2.26. The van der Waals surface area contributed by atoms with E-state index in [1.54, 1.807) is 0 Å². The molecule has 3 rings (SSSR count). The van der Waals surface area contributed by atoms with Gasteiger partial charge in [-0.05, 0) is 39.3 Å². The van der Waals surface area contributed by atoms with Crippen LogP contribution < -0.4 is 0 Å².